The van der Waals surface area contributed by atoms with E-state index in [9.17, 15) is 18.0 Å². The van der Waals surface area contributed by atoms with Gasteiger partial charge in [-0.25, -0.2) is 8.42 Å². The molecule has 0 bridgehead atoms. The first-order valence-electron chi connectivity index (χ1n) is 11.7. The number of sulfonamides is 1. The summed E-state index contributed by atoms with van der Waals surface area (Å²) >= 11 is 0. The number of amides is 2. The van der Waals surface area contributed by atoms with Crippen LogP contribution in [0.25, 0.3) is 0 Å². The first kappa shape index (κ1) is 24.2. The van der Waals surface area contributed by atoms with E-state index in [1.54, 1.807) is 18.2 Å². The Labute approximate surface area is 201 Å². The monoisotopic (exact) mass is 484 g/mol. The molecule has 4 rings (SSSR count). The number of para-hydroxylation sites is 1. The average molecular weight is 485 g/mol. The fraction of sp³-hybridized carbons (Fsp3) is 0.440. The van der Waals surface area contributed by atoms with Gasteiger partial charge < -0.3 is 15.5 Å². The molecule has 1 heterocycles. The molecule has 2 aliphatic rings. The van der Waals surface area contributed by atoms with Gasteiger partial charge in [0.15, 0.2) is 0 Å². The fourth-order valence-corrected chi connectivity index (χ4v) is 6.71. The maximum atomic E-state index is 13.3. The van der Waals surface area contributed by atoms with Gasteiger partial charge in [-0.05, 0) is 49.4 Å². The van der Waals surface area contributed by atoms with Gasteiger partial charge in [0.1, 0.15) is 6.04 Å². The van der Waals surface area contributed by atoms with E-state index in [0.717, 1.165) is 12.2 Å². The summed E-state index contributed by atoms with van der Waals surface area (Å²) in [6, 6.07) is 17.4. The number of carbonyl (C=O) groups excluding carboxylic acids is 2. The number of likely N-dealkylation sites (N-methyl/N-ethyl adjacent to an activating group) is 2. The average Bonchev–Trinajstić information content (AvgIpc) is 3.43. The van der Waals surface area contributed by atoms with Crippen LogP contribution in [-0.4, -0.2) is 63.8 Å². The molecule has 2 aromatic rings. The third-order valence-corrected chi connectivity index (χ3v) is 8.88. The molecule has 1 saturated heterocycles. The Morgan fingerprint density at radius 3 is 2.29 bits per heavy atom. The van der Waals surface area contributed by atoms with Gasteiger partial charge in [0.05, 0.1) is 4.90 Å². The zero-order valence-electron chi connectivity index (χ0n) is 19.6. The highest BCUT2D eigenvalue weighted by atomic mass is 32.2. The summed E-state index contributed by atoms with van der Waals surface area (Å²) in [5, 5.41) is 5.61. The Balaban J connectivity index is 1.41. The quantitative estimate of drug-likeness (QED) is 0.566. The molecule has 1 aliphatic heterocycles. The Morgan fingerprint density at radius 1 is 1.03 bits per heavy atom. The number of benzene rings is 2. The minimum atomic E-state index is -3.85. The van der Waals surface area contributed by atoms with Crippen LogP contribution in [0, 0.1) is 11.3 Å². The van der Waals surface area contributed by atoms with Gasteiger partial charge in [0.2, 0.25) is 21.8 Å². The number of hydrogen-bond acceptors (Lipinski definition) is 5. The lowest BCUT2D eigenvalue weighted by Crippen LogP contribution is -2.44. The van der Waals surface area contributed by atoms with Crippen LogP contribution in [0.15, 0.2) is 65.6 Å². The van der Waals surface area contributed by atoms with Crippen molar-refractivity contribution in [2.75, 3.05) is 38.1 Å². The van der Waals surface area contributed by atoms with E-state index in [1.165, 1.54) is 23.5 Å². The predicted octanol–water partition coefficient (Wildman–Crippen LogP) is 1.84. The molecular formula is C25H32N4O4S. The Morgan fingerprint density at radius 2 is 1.68 bits per heavy atom. The maximum absolute atomic E-state index is 13.3. The van der Waals surface area contributed by atoms with Gasteiger partial charge in [-0.2, -0.15) is 4.31 Å². The molecule has 0 radical (unpaired) electrons. The molecule has 1 spiro atoms. The van der Waals surface area contributed by atoms with Crippen LogP contribution >= 0.6 is 0 Å². The summed E-state index contributed by atoms with van der Waals surface area (Å²) < 4.78 is 27.9. The first-order valence-corrected chi connectivity index (χ1v) is 13.1. The second kappa shape index (κ2) is 9.76. The summed E-state index contributed by atoms with van der Waals surface area (Å²) in [5.74, 6) is -0.704. The lowest BCUT2D eigenvalue weighted by Gasteiger charge is -2.23. The minimum Gasteiger partial charge on any atom is -0.370 e. The summed E-state index contributed by atoms with van der Waals surface area (Å²) in [5.41, 5.74) is 0.612. The largest absolute Gasteiger partial charge is 0.370 e. The highest BCUT2D eigenvalue weighted by molar-refractivity contribution is 7.89. The van der Waals surface area contributed by atoms with E-state index < -0.39 is 21.5 Å². The molecule has 2 amide bonds. The number of nitrogens with zero attached hydrogens (tertiary/aromatic N) is 2. The Bertz CT molecular complexity index is 1130. The van der Waals surface area contributed by atoms with Crippen molar-refractivity contribution in [2.45, 2.75) is 30.7 Å². The van der Waals surface area contributed by atoms with E-state index >= 15 is 0 Å². The van der Waals surface area contributed by atoms with Gasteiger partial charge in [0.25, 0.3) is 0 Å². The highest BCUT2D eigenvalue weighted by Crippen LogP contribution is 2.60. The number of anilines is 1. The molecule has 34 heavy (non-hydrogen) atoms. The van der Waals surface area contributed by atoms with Crippen molar-refractivity contribution in [3.8, 4) is 0 Å². The van der Waals surface area contributed by atoms with E-state index in [4.69, 9.17) is 0 Å². The van der Waals surface area contributed by atoms with E-state index in [-0.39, 0.29) is 29.2 Å². The molecule has 0 aromatic heterocycles. The van der Waals surface area contributed by atoms with Crippen LogP contribution in [0.1, 0.15) is 19.8 Å². The lowest BCUT2D eigenvalue weighted by molar-refractivity contribution is -0.124. The van der Waals surface area contributed by atoms with Crippen molar-refractivity contribution in [3.63, 3.8) is 0 Å². The third-order valence-electron chi connectivity index (χ3n) is 7.01. The number of carbonyl (C=O) groups is 2. The van der Waals surface area contributed by atoms with E-state index in [2.05, 4.69) is 22.5 Å². The second-order valence-electron chi connectivity index (χ2n) is 9.02. The van der Waals surface area contributed by atoms with Gasteiger partial charge >= 0.3 is 0 Å². The van der Waals surface area contributed by atoms with Crippen molar-refractivity contribution in [2.24, 2.45) is 11.3 Å². The molecular weight excluding hydrogens is 452 g/mol. The van der Waals surface area contributed by atoms with Crippen LogP contribution in [0.5, 0.6) is 0 Å². The van der Waals surface area contributed by atoms with Crippen LogP contribution in [0.3, 0.4) is 0 Å². The molecule has 2 aromatic carbocycles. The van der Waals surface area contributed by atoms with Crippen LogP contribution in [0.4, 0.5) is 5.69 Å². The topological polar surface area (TPSA) is 98.8 Å². The fourth-order valence-electron chi connectivity index (χ4n) is 5.01. The van der Waals surface area contributed by atoms with Crippen molar-refractivity contribution >= 4 is 27.5 Å². The first-order chi connectivity index (χ1) is 16.3. The highest BCUT2D eigenvalue weighted by Gasteiger charge is 2.65. The predicted molar refractivity (Wildman–Crippen MR) is 131 cm³/mol. The number of rotatable bonds is 9. The van der Waals surface area contributed by atoms with Crippen LogP contribution in [-0.2, 0) is 19.6 Å². The van der Waals surface area contributed by atoms with Crippen LogP contribution in [0.2, 0.25) is 0 Å². The summed E-state index contributed by atoms with van der Waals surface area (Å²) in [4.78, 5) is 27.9. The molecule has 3 unspecified atom stereocenters. The molecule has 2 N–H and O–H groups in total. The zero-order valence-corrected chi connectivity index (χ0v) is 20.4. The smallest absolute Gasteiger partial charge is 0.243 e. The third kappa shape index (κ3) is 4.67. The lowest BCUT2D eigenvalue weighted by atomic mass is 9.99. The second-order valence-corrected chi connectivity index (χ2v) is 10.9. The Hall–Kier alpha value is -2.91. The minimum absolute atomic E-state index is 0.0706. The molecule has 9 heteroatoms. The standard InChI is InChI=1S/C25H32N4O4S/c1-3-28(19-10-6-4-7-11-19)15-14-27-23(30)21-16-25(21)17-22(24(31)26-2)29(18-25)34(32,33)20-12-8-5-9-13-20/h4-13,21-22H,3,14-18H2,1-2H3,(H,26,31)(H,27,30). The van der Waals surface area contributed by atoms with Gasteiger partial charge in [-0.15, -0.1) is 0 Å². The summed E-state index contributed by atoms with van der Waals surface area (Å²) in [6.45, 7) is 4.25. The summed E-state index contributed by atoms with van der Waals surface area (Å²) in [6.07, 6.45) is 0.936. The normalized spacial score (nSPS) is 24.1. The van der Waals surface area contributed by atoms with E-state index in [0.29, 0.717) is 25.9 Å². The van der Waals surface area contributed by atoms with E-state index in [1.807, 2.05) is 30.3 Å². The molecule has 3 atom stereocenters. The molecule has 2 fully saturated rings. The van der Waals surface area contributed by atoms with Crippen LogP contribution < -0.4 is 15.5 Å². The van der Waals surface area contributed by atoms with Gasteiger partial charge in [-0.3, -0.25) is 9.59 Å². The zero-order chi connectivity index (χ0) is 24.3. The maximum Gasteiger partial charge on any atom is 0.243 e. The molecule has 182 valence electrons. The van der Waals surface area contributed by atoms with Crippen molar-refractivity contribution in [1.29, 1.82) is 0 Å². The summed E-state index contributed by atoms with van der Waals surface area (Å²) in [7, 11) is -2.35. The molecule has 1 aliphatic carbocycles. The van der Waals surface area contributed by atoms with Crippen molar-refractivity contribution in [3.05, 3.63) is 60.7 Å². The number of nitrogens with one attached hydrogen (secondary N) is 2. The SMILES string of the molecule is CCN(CCNC(=O)C1CC12CC(C(=O)NC)N(S(=O)(=O)c1ccccc1)C2)c1ccccc1. The van der Waals surface area contributed by atoms with Gasteiger partial charge in [0, 0.05) is 44.8 Å². The van der Waals surface area contributed by atoms with Gasteiger partial charge in [-0.1, -0.05) is 36.4 Å². The van der Waals surface area contributed by atoms with Crippen molar-refractivity contribution < 1.29 is 18.0 Å². The number of hydrogen-bond donors (Lipinski definition) is 2. The Kier molecular flexibility index (Phi) is 6.95. The molecule has 8 nitrogen and oxygen atoms in total. The molecule has 1 saturated carbocycles. The van der Waals surface area contributed by atoms with Crippen molar-refractivity contribution in [1.82, 2.24) is 14.9 Å².